The number of imide groups is 1. The van der Waals surface area contributed by atoms with E-state index in [1.807, 2.05) is 5.32 Å². The molecule has 0 radical (unpaired) electrons. The van der Waals surface area contributed by atoms with Crippen molar-refractivity contribution in [2.24, 2.45) is 5.73 Å². The third kappa shape index (κ3) is 1.42. The largest absolute Gasteiger partial charge is 0.330 e. The number of aromatic nitrogens is 2. The number of hydrogen-bond acceptors (Lipinski definition) is 5. The van der Waals surface area contributed by atoms with Crippen LogP contribution in [0.15, 0.2) is 4.79 Å². The van der Waals surface area contributed by atoms with Gasteiger partial charge < -0.3 is 10.7 Å². The van der Waals surface area contributed by atoms with Gasteiger partial charge >= 0.3 is 0 Å². The van der Waals surface area contributed by atoms with Gasteiger partial charge in [0.2, 0.25) is 0 Å². The van der Waals surface area contributed by atoms with E-state index in [0.717, 1.165) is 0 Å². The summed E-state index contributed by atoms with van der Waals surface area (Å²) in [7, 11) is 0. The first-order valence-electron chi connectivity index (χ1n) is 4.32. The number of fused-ring (bicyclic) bond motifs is 1. The molecule has 0 saturated heterocycles. The first kappa shape index (κ1) is 9.53. The van der Waals surface area contributed by atoms with Crippen molar-refractivity contribution in [2.45, 2.75) is 6.42 Å². The van der Waals surface area contributed by atoms with Gasteiger partial charge in [0.25, 0.3) is 17.4 Å². The Morgan fingerprint density at radius 3 is 2.60 bits per heavy atom. The standard InChI is InChI=1S/C8H8N4O3/c9-2-1-3-10-5-4(6(13)11-3)7(14)12-8(5)15/h1-2,9H2,(H,10,11,13)(H,12,14,15). The molecule has 0 saturated carbocycles. The fourth-order valence-corrected chi connectivity index (χ4v) is 1.37. The van der Waals surface area contributed by atoms with Crippen LogP contribution in [0.25, 0.3) is 0 Å². The van der Waals surface area contributed by atoms with Crippen LogP contribution < -0.4 is 16.6 Å². The van der Waals surface area contributed by atoms with Crippen molar-refractivity contribution < 1.29 is 9.59 Å². The molecule has 1 aliphatic heterocycles. The molecule has 15 heavy (non-hydrogen) atoms. The summed E-state index contributed by atoms with van der Waals surface area (Å²) in [4.78, 5) is 40.0. The van der Waals surface area contributed by atoms with Gasteiger partial charge in [-0.25, -0.2) is 4.98 Å². The van der Waals surface area contributed by atoms with E-state index in [2.05, 4.69) is 9.97 Å². The molecule has 7 heteroatoms. The molecule has 0 unspecified atom stereocenters. The summed E-state index contributed by atoms with van der Waals surface area (Å²) in [5, 5.41) is 2.00. The molecular formula is C8H8N4O3. The minimum atomic E-state index is -0.706. The molecular weight excluding hydrogens is 200 g/mol. The highest BCUT2D eigenvalue weighted by molar-refractivity contribution is 6.20. The van der Waals surface area contributed by atoms with E-state index in [1.165, 1.54) is 0 Å². The number of H-pyrrole nitrogens is 1. The van der Waals surface area contributed by atoms with Crippen molar-refractivity contribution >= 4 is 11.8 Å². The van der Waals surface area contributed by atoms with E-state index in [-0.39, 0.29) is 11.3 Å². The molecule has 0 aromatic carbocycles. The summed E-state index contributed by atoms with van der Waals surface area (Å²) in [5.74, 6) is -1.03. The minimum absolute atomic E-state index is 0.118. The second kappa shape index (κ2) is 3.28. The Balaban J connectivity index is 2.61. The maximum absolute atomic E-state index is 11.4. The zero-order valence-electron chi connectivity index (χ0n) is 7.66. The summed E-state index contributed by atoms with van der Waals surface area (Å²) in [6.45, 7) is 0.303. The number of nitrogens with zero attached hydrogens (tertiary/aromatic N) is 1. The molecule has 4 N–H and O–H groups in total. The molecule has 0 bridgehead atoms. The molecule has 0 aliphatic carbocycles. The molecule has 1 aliphatic rings. The van der Waals surface area contributed by atoms with Crippen molar-refractivity contribution in [3.8, 4) is 0 Å². The number of rotatable bonds is 2. The Morgan fingerprint density at radius 2 is 1.93 bits per heavy atom. The molecule has 78 valence electrons. The van der Waals surface area contributed by atoms with Crippen LogP contribution in [0.2, 0.25) is 0 Å². The Bertz CT molecular complexity index is 505. The topological polar surface area (TPSA) is 118 Å². The summed E-state index contributed by atoms with van der Waals surface area (Å²) in [6, 6.07) is 0. The van der Waals surface area contributed by atoms with Crippen molar-refractivity contribution in [3.05, 3.63) is 27.4 Å². The van der Waals surface area contributed by atoms with Gasteiger partial charge in [-0.05, 0) is 6.54 Å². The number of carbonyl (C=O) groups is 2. The lowest BCUT2D eigenvalue weighted by Crippen LogP contribution is -2.23. The van der Waals surface area contributed by atoms with E-state index >= 15 is 0 Å². The fourth-order valence-electron chi connectivity index (χ4n) is 1.37. The number of nitrogens with one attached hydrogen (secondary N) is 2. The zero-order valence-corrected chi connectivity index (χ0v) is 7.66. The molecule has 1 aromatic heterocycles. The van der Waals surface area contributed by atoms with Crippen LogP contribution in [0, 0.1) is 0 Å². The van der Waals surface area contributed by atoms with Gasteiger partial charge in [-0.3, -0.25) is 19.7 Å². The van der Waals surface area contributed by atoms with Gasteiger partial charge in [-0.15, -0.1) is 0 Å². The molecule has 1 aromatic rings. The Hall–Kier alpha value is -2.02. The van der Waals surface area contributed by atoms with E-state index in [4.69, 9.17) is 5.73 Å². The van der Waals surface area contributed by atoms with E-state index in [9.17, 15) is 14.4 Å². The van der Waals surface area contributed by atoms with Gasteiger partial charge in [0, 0.05) is 6.42 Å². The molecule has 0 fully saturated rings. The van der Waals surface area contributed by atoms with Gasteiger partial charge in [0.05, 0.1) is 0 Å². The Labute approximate surface area is 83.7 Å². The lowest BCUT2D eigenvalue weighted by molar-refractivity contribution is 0.0878. The number of aromatic amines is 1. The fraction of sp³-hybridized carbons (Fsp3) is 0.250. The molecule has 0 spiro atoms. The van der Waals surface area contributed by atoms with Crippen LogP contribution in [0.4, 0.5) is 0 Å². The van der Waals surface area contributed by atoms with E-state index in [0.29, 0.717) is 18.8 Å². The van der Waals surface area contributed by atoms with Crippen LogP contribution in [-0.2, 0) is 6.42 Å². The molecule has 2 heterocycles. The second-order valence-electron chi connectivity index (χ2n) is 3.06. The maximum Gasteiger partial charge on any atom is 0.277 e. The Morgan fingerprint density at radius 1 is 1.20 bits per heavy atom. The normalized spacial score (nSPS) is 13.9. The third-order valence-corrected chi connectivity index (χ3v) is 2.02. The van der Waals surface area contributed by atoms with Crippen LogP contribution in [0.5, 0.6) is 0 Å². The van der Waals surface area contributed by atoms with Crippen molar-refractivity contribution in [3.63, 3.8) is 0 Å². The first-order chi connectivity index (χ1) is 7.13. The molecule has 0 atom stereocenters. The molecule has 7 nitrogen and oxygen atoms in total. The highest BCUT2D eigenvalue weighted by Crippen LogP contribution is 2.07. The summed E-state index contributed by atoms with van der Waals surface area (Å²) < 4.78 is 0. The summed E-state index contributed by atoms with van der Waals surface area (Å²) in [5.41, 5.74) is 4.34. The highest BCUT2D eigenvalue weighted by atomic mass is 16.2. The van der Waals surface area contributed by atoms with Crippen LogP contribution >= 0.6 is 0 Å². The minimum Gasteiger partial charge on any atom is -0.330 e. The third-order valence-electron chi connectivity index (χ3n) is 2.02. The second-order valence-corrected chi connectivity index (χ2v) is 3.06. The molecule has 2 amide bonds. The highest BCUT2D eigenvalue weighted by Gasteiger charge is 2.31. The number of amides is 2. The van der Waals surface area contributed by atoms with Crippen LogP contribution in [0.1, 0.15) is 26.7 Å². The average molecular weight is 208 g/mol. The Kier molecular flexibility index (Phi) is 2.09. The van der Waals surface area contributed by atoms with E-state index < -0.39 is 17.4 Å². The number of hydrogen-bond donors (Lipinski definition) is 3. The quantitative estimate of drug-likeness (QED) is 0.493. The van der Waals surface area contributed by atoms with Gasteiger partial charge in [0.1, 0.15) is 17.1 Å². The van der Waals surface area contributed by atoms with Crippen LogP contribution in [0.3, 0.4) is 0 Å². The first-order valence-corrected chi connectivity index (χ1v) is 4.32. The number of carbonyl (C=O) groups excluding carboxylic acids is 2. The van der Waals surface area contributed by atoms with Crippen molar-refractivity contribution in [1.29, 1.82) is 0 Å². The predicted octanol–water partition coefficient (Wildman–Crippen LogP) is -1.85. The monoisotopic (exact) mass is 208 g/mol. The maximum atomic E-state index is 11.4. The van der Waals surface area contributed by atoms with E-state index in [1.54, 1.807) is 0 Å². The summed E-state index contributed by atoms with van der Waals surface area (Å²) in [6.07, 6.45) is 0.351. The average Bonchev–Trinajstić information content (AvgIpc) is 2.43. The van der Waals surface area contributed by atoms with Crippen molar-refractivity contribution in [1.82, 2.24) is 15.3 Å². The number of nitrogens with two attached hydrogens (primary N) is 1. The zero-order chi connectivity index (χ0) is 11.0. The lowest BCUT2D eigenvalue weighted by Gasteiger charge is -1.98. The predicted molar refractivity (Wildman–Crippen MR) is 49.4 cm³/mol. The van der Waals surface area contributed by atoms with Gasteiger partial charge in [-0.1, -0.05) is 0 Å². The van der Waals surface area contributed by atoms with Crippen molar-refractivity contribution in [2.75, 3.05) is 6.54 Å². The summed E-state index contributed by atoms with van der Waals surface area (Å²) >= 11 is 0. The van der Waals surface area contributed by atoms with Crippen LogP contribution in [-0.4, -0.2) is 28.3 Å². The SMILES string of the molecule is NCCc1nc2c(c(=O)[nH]1)C(=O)NC2=O. The molecule has 2 rings (SSSR count). The van der Waals surface area contributed by atoms with Gasteiger partial charge in [0.15, 0.2) is 0 Å². The smallest absolute Gasteiger partial charge is 0.277 e. The van der Waals surface area contributed by atoms with Gasteiger partial charge in [-0.2, -0.15) is 0 Å². The lowest BCUT2D eigenvalue weighted by atomic mass is 10.2.